The first-order valence-electron chi connectivity index (χ1n) is 7.61. The van der Waals surface area contributed by atoms with Crippen molar-refractivity contribution in [3.63, 3.8) is 0 Å². The Morgan fingerprint density at radius 1 is 1.26 bits per heavy atom. The lowest BCUT2D eigenvalue weighted by molar-refractivity contribution is 0.149. The predicted molar refractivity (Wildman–Crippen MR) is 91.6 cm³/mol. The highest BCUT2D eigenvalue weighted by molar-refractivity contribution is 7.07. The third-order valence-corrected chi connectivity index (χ3v) is 4.59. The minimum Gasteiger partial charge on any atom is -0.395 e. The van der Waals surface area contributed by atoms with Crippen molar-refractivity contribution in [3.8, 4) is 5.69 Å². The molecule has 5 nitrogen and oxygen atoms in total. The van der Waals surface area contributed by atoms with E-state index in [0.29, 0.717) is 6.54 Å². The lowest BCUT2D eigenvalue weighted by Crippen LogP contribution is -2.29. The second-order valence-electron chi connectivity index (χ2n) is 5.43. The Balaban J connectivity index is 1.77. The molecule has 6 heteroatoms. The lowest BCUT2D eigenvalue weighted by Gasteiger charge is -2.26. The van der Waals surface area contributed by atoms with E-state index in [1.54, 1.807) is 16.0 Å². The van der Waals surface area contributed by atoms with Crippen LogP contribution in [0.2, 0.25) is 0 Å². The maximum Gasteiger partial charge on any atom is 0.100 e. The summed E-state index contributed by atoms with van der Waals surface area (Å²) in [6, 6.07) is 12.1. The topological polar surface area (TPSA) is 54.2 Å². The summed E-state index contributed by atoms with van der Waals surface area (Å²) in [7, 11) is 0. The zero-order valence-electron chi connectivity index (χ0n) is 13.0. The van der Waals surface area contributed by atoms with E-state index in [1.807, 2.05) is 36.5 Å². The van der Waals surface area contributed by atoms with Crippen molar-refractivity contribution in [2.24, 2.45) is 0 Å². The Labute approximate surface area is 139 Å². The van der Waals surface area contributed by atoms with Gasteiger partial charge in [0.2, 0.25) is 0 Å². The third-order valence-electron chi connectivity index (χ3n) is 3.86. The molecule has 1 atom stereocenters. The van der Waals surface area contributed by atoms with Crippen LogP contribution < -0.4 is 0 Å². The van der Waals surface area contributed by atoms with Crippen LogP contribution in [0, 0.1) is 0 Å². The Morgan fingerprint density at radius 3 is 2.78 bits per heavy atom. The van der Waals surface area contributed by atoms with Gasteiger partial charge in [-0.15, -0.1) is 5.10 Å². The number of aromatic nitrogens is 3. The van der Waals surface area contributed by atoms with Gasteiger partial charge in [0.05, 0.1) is 24.5 Å². The van der Waals surface area contributed by atoms with Gasteiger partial charge in [0.15, 0.2) is 0 Å². The van der Waals surface area contributed by atoms with Crippen LogP contribution in [0.5, 0.6) is 0 Å². The quantitative estimate of drug-likeness (QED) is 0.724. The molecule has 0 spiro atoms. The van der Waals surface area contributed by atoms with Crippen LogP contribution in [0.3, 0.4) is 0 Å². The standard InChI is InChI=1S/C17H20N4OS/c1-14(20(8-9-22)11-15-7-10-23-13-15)17-12-21(19-18-17)16-5-3-2-4-6-16/h2-7,10,12-14,22H,8-9,11H2,1H3/t14-/m0/s1. The second kappa shape index (κ2) is 7.50. The summed E-state index contributed by atoms with van der Waals surface area (Å²) in [5.41, 5.74) is 3.15. The predicted octanol–water partition coefficient (Wildman–Crippen LogP) is 2.88. The largest absolute Gasteiger partial charge is 0.395 e. The van der Waals surface area contributed by atoms with Crippen molar-refractivity contribution < 1.29 is 5.11 Å². The molecule has 0 radical (unpaired) electrons. The Morgan fingerprint density at radius 2 is 2.09 bits per heavy atom. The molecule has 0 saturated heterocycles. The number of hydrogen-bond donors (Lipinski definition) is 1. The number of hydrogen-bond acceptors (Lipinski definition) is 5. The average molecular weight is 328 g/mol. The van der Waals surface area contributed by atoms with Gasteiger partial charge >= 0.3 is 0 Å². The molecule has 2 heterocycles. The van der Waals surface area contributed by atoms with E-state index in [9.17, 15) is 5.11 Å². The smallest absolute Gasteiger partial charge is 0.100 e. The second-order valence-corrected chi connectivity index (χ2v) is 6.21. The fourth-order valence-electron chi connectivity index (χ4n) is 2.52. The van der Waals surface area contributed by atoms with Crippen LogP contribution in [0.1, 0.15) is 24.2 Å². The van der Waals surface area contributed by atoms with Gasteiger partial charge in [-0.3, -0.25) is 4.90 Å². The summed E-state index contributed by atoms with van der Waals surface area (Å²) >= 11 is 1.69. The van der Waals surface area contributed by atoms with Gasteiger partial charge < -0.3 is 5.11 Å². The van der Waals surface area contributed by atoms with Crippen molar-refractivity contribution in [2.75, 3.05) is 13.2 Å². The Kier molecular flexibility index (Phi) is 5.17. The Bertz CT molecular complexity index is 711. The highest BCUT2D eigenvalue weighted by atomic mass is 32.1. The molecule has 3 aromatic rings. The first-order valence-corrected chi connectivity index (χ1v) is 8.56. The number of para-hydroxylation sites is 1. The third kappa shape index (κ3) is 3.85. The summed E-state index contributed by atoms with van der Waals surface area (Å²) in [6.45, 7) is 3.63. The van der Waals surface area contributed by atoms with E-state index in [0.717, 1.165) is 17.9 Å². The van der Waals surface area contributed by atoms with Crippen LogP contribution in [0.25, 0.3) is 5.69 Å². The summed E-state index contributed by atoms with van der Waals surface area (Å²) < 4.78 is 1.79. The molecule has 2 aromatic heterocycles. The maximum absolute atomic E-state index is 9.36. The van der Waals surface area contributed by atoms with Gasteiger partial charge in [0, 0.05) is 13.1 Å². The number of benzene rings is 1. The first-order chi connectivity index (χ1) is 11.3. The van der Waals surface area contributed by atoms with Gasteiger partial charge in [-0.2, -0.15) is 11.3 Å². The molecular formula is C17H20N4OS. The SMILES string of the molecule is C[C@@H](c1cn(-c2ccccc2)nn1)N(CCO)Cc1ccsc1. The number of rotatable bonds is 7. The highest BCUT2D eigenvalue weighted by Crippen LogP contribution is 2.21. The minimum atomic E-state index is 0.0829. The van der Waals surface area contributed by atoms with Crippen molar-refractivity contribution >= 4 is 11.3 Å². The summed E-state index contributed by atoms with van der Waals surface area (Å²) in [5.74, 6) is 0. The van der Waals surface area contributed by atoms with Gasteiger partial charge in [0.1, 0.15) is 5.69 Å². The molecule has 0 unspecified atom stereocenters. The molecule has 0 aliphatic rings. The van der Waals surface area contributed by atoms with Gasteiger partial charge in [-0.1, -0.05) is 23.4 Å². The molecule has 0 aliphatic carbocycles. The number of thiophene rings is 1. The summed E-state index contributed by atoms with van der Waals surface area (Å²) in [4.78, 5) is 2.21. The Hall–Kier alpha value is -2.02. The zero-order chi connectivity index (χ0) is 16.1. The van der Waals surface area contributed by atoms with E-state index in [-0.39, 0.29) is 12.6 Å². The van der Waals surface area contributed by atoms with Crippen LogP contribution in [0.15, 0.2) is 53.4 Å². The molecule has 23 heavy (non-hydrogen) atoms. The van der Waals surface area contributed by atoms with Crippen LogP contribution in [-0.4, -0.2) is 38.2 Å². The molecule has 0 amide bonds. The maximum atomic E-state index is 9.36. The average Bonchev–Trinajstić information content (AvgIpc) is 3.26. The summed E-state index contributed by atoms with van der Waals surface area (Å²) in [5, 5.41) is 22.1. The van der Waals surface area contributed by atoms with E-state index in [1.165, 1.54) is 5.56 Å². The molecule has 0 fully saturated rings. The molecule has 0 aliphatic heterocycles. The number of aliphatic hydroxyl groups excluding tert-OH is 1. The van der Waals surface area contributed by atoms with Crippen LogP contribution in [0.4, 0.5) is 0 Å². The van der Waals surface area contributed by atoms with Gasteiger partial charge in [-0.25, -0.2) is 4.68 Å². The van der Waals surface area contributed by atoms with Crippen molar-refractivity contribution in [3.05, 3.63) is 64.6 Å². The fraction of sp³-hybridized carbons (Fsp3) is 0.294. The monoisotopic (exact) mass is 328 g/mol. The highest BCUT2D eigenvalue weighted by Gasteiger charge is 2.19. The van der Waals surface area contributed by atoms with Crippen molar-refractivity contribution in [1.82, 2.24) is 19.9 Å². The normalized spacial score (nSPS) is 12.7. The molecule has 3 rings (SSSR count). The number of nitrogens with zero attached hydrogens (tertiary/aromatic N) is 4. The lowest BCUT2D eigenvalue weighted by atomic mass is 10.2. The molecule has 0 saturated carbocycles. The molecule has 120 valence electrons. The van der Waals surface area contributed by atoms with Crippen LogP contribution in [-0.2, 0) is 6.54 Å². The molecular weight excluding hydrogens is 308 g/mol. The fourth-order valence-corrected chi connectivity index (χ4v) is 3.18. The van der Waals surface area contributed by atoms with Gasteiger partial charge in [-0.05, 0) is 41.4 Å². The van der Waals surface area contributed by atoms with E-state index in [2.05, 4.69) is 39.0 Å². The summed E-state index contributed by atoms with van der Waals surface area (Å²) in [6.07, 6.45) is 1.96. The van der Waals surface area contributed by atoms with E-state index < -0.39 is 0 Å². The van der Waals surface area contributed by atoms with E-state index >= 15 is 0 Å². The zero-order valence-corrected chi connectivity index (χ0v) is 13.9. The molecule has 1 N–H and O–H groups in total. The molecule has 1 aromatic carbocycles. The minimum absolute atomic E-state index is 0.0829. The molecule has 0 bridgehead atoms. The van der Waals surface area contributed by atoms with Crippen molar-refractivity contribution in [2.45, 2.75) is 19.5 Å². The van der Waals surface area contributed by atoms with Crippen molar-refractivity contribution in [1.29, 1.82) is 0 Å². The number of aliphatic hydroxyl groups is 1. The van der Waals surface area contributed by atoms with E-state index in [4.69, 9.17) is 0 Å². The van der Waals surface area contributed by atoms with Crippen LogP contribution >= 0.6 is 11.3 Å². The first kappa shape index (κ1) is 15.9. The van der Waals surface area contributed by atoms with Gasteiger partial charge in [0.25, 0.3) is 0 Å².